The number of carboxylic acids is 1. The van der Waals surface area contributed by atoms with Gasteiger partial charge in [0.1, 0.15) is 12.6 Å². The zero-order valence-corrected chi connectivity index (χ0v) is 32.0. The van der Waals surface area contributed by atoms with Crippen molar-refractivity contribution in [3.63, 3.8) is 0 Å². The Hall–Kier alpha value is -5.79. The van der Waals surface area contributed by atoms with Crippen LogP contribution in [0.5, 0.6) is 0 Å². The van der Waals surface area contributed by atoms with Gasteiger partial charge in [0.05, 0.1) is 37.3 Å². The Balaban J connectivity index is 1.06. The van der Waals surface area contributed by atoms with Gasteiger partial charge in [0, 0.05) is 22.1 Å². The van der Waals surface area contributed by atoms with Crippen molar-refractivity contribution < 1.29 is 43.6 Å². The lowest BCUT2D eigenvalue weighted by molar-refractivity contribution is -0.268. The third-order valence-corrected chi connectivity index (χ3v) is 11.3. The summed E-state index contributed by atoms with van der Waals surface area (Å²) in [5, 5.41) is 21.9. The summed E-state index contributed by atoms with van der Waals surface area (Å²) in [5.74, 6) is -1.49. The molecule has 7 rings (SSSR count). The Bertz CT molecular complexity index is 2230. The first-order chi connectivity index (χ1) is 27.7. The maximum absolute atomic E-state index is 13.3. The van der Waals surface area contributed by atoms with Crippen LogP contribution in [0.3, 0.4) is 0 Å². The summed E-state index contributed by atoms with van der Waals surface area (Å²) in [6, 6.07) is 38.1. The quantitative estimate of drug-likeness (QED) is 0.0801. The molecular weight excluding hydrogens is 745 g/mol. The number of rotatable bonds is 13. The Morgan fingerprint density at radius 1 is 0.807 bits per heavy atom. The number of hydrogen-bond donors (Lipinski definition) is 3. The number of nitrogens with one attached hydrogen (secondary N) is 1. The molecule has 2 heterocycles. The van der Waals surface area contributed by atoms with E-state index in [9.17, 15) is 29.4 Å². The lowest BCUT2D eigenvalue weighted by Gasteiger charge is -2.41. The summed E-state index contributed by atoms with van der Waals surface area (Å²) in [5.41, 5.74) is 5.99. The predicted octanol–water partition coefficient (Wildman–Crippen LogP) is 7.68. The molecule has 2 aliphatic rings. The van der Waals surface area contributed by atoms with E-state index in [4.69, 9.17) is 14.2 Å². The molecule has 5 aromatic rings. The molecule has 5 atom stereocenters. The van der Waals surface area contributed by atoms with E-state index in [1.165, 1.54) is 11.8 Å². The zero-order valence-electron chi connectivity index (χ0n) is 31.2. The van der Waals surface area contributed by atoms with Crippen molar-refractivity contribution in [3.8, 4) is 11.1 Å². The van der Waals surface area contributed by atoms with Crippen LogP contribution >= 0.6 is 11.8 Å². The third-order valence-electron chi connectivity index (χ3n) is 10.2. The molecule has 0 aromatic heterocycles. The van der Waals surface area contributed by atoms with Gasteiger partial charge in [0.15, 0.2) is 6.29 Å². The highest BCUT2D eigenvalue weighted by atomic mass is 32.2. The largest absolute Gasteiger partial charge is 0.478 e. The number of aromatic carboxylic acids is 1. The molecule has 5 aromatic carbocycles. The molecule has 12 heteroatoms. The minimum Gasteiger partial charge on any atom is -0.478 e. The topological polar surface area (TPSA) is 152 Å². The number of amides is 3. The molecule has 2 fully saturated rings. The summed E-state index contributed by atoms with van der Waals surface area (Å²) in [7, 11) is 0. The van der Waals surface area contributed by atoms with Crippen LogP contribution < -0.4 is 5.32 Å². The highest BCUT2D eigenvalue weighted by Crippen LogP contribution is 2.44. The van der Waals surface area contributed by atoms with Gasteiger partial charge in [-0.3, -0.25) is 14.5 Å². The fourth-order valence-electron chi connectivity index (χ4n) is 7.02. The van der Waals surface area contributed by atoms with E-state index in [2.05, 4.69) is 12.2 Å². The van der Waals surface area contributed by atoms with Gasteiger partial charge in [-0.15, -0.1) is 11.8 Å². The predicted molar refractivity (Wildman–Crippen MR) is 213 cm³/mol. The summed E-state index contributed by atoms with van der Waals surface area (Å²) >= 11 is 1.43. The van der Waals surface area contributed by atoms with Crippen LogP contribution in [0.25, 0.3) is 11.1 Å². The fourth-order valence-corrected chi connectivity index (χ4v) is 8.23. The molecular formula is C45H42N2O9S. The molecule has 57 heavy (non-hydrogen) atoms. The smallest absolute Gasteiger partial charge is 0.408 e. The van der Waals surface area contributed by atoms with Gasteiger partial charge in [-0.25, -0.2) is 9.59 Å². The Morgan fingerprint density at radius 2 is 1.51 bits per heavy atom. The van der Waals surface area contributed by atoms with Gasteiger partial charge in [0.25, 0.3) is 5.91 Å². The second-order valence-corrected chi connectivity index (χ2v) is 15.1. The van der Waals surface area contributed by atoms with Crippen molar-refractivity contribution in [1.29, 1.82) is 0 Å². The fraction of sp³-hybridized carbons (Fsp3) is 0.244. The van der Waals surface area contributed by atoms with Crippen molar-refractivity contribution >= 4 is 35.6 Å². The van der Waals surface area contributed by atoms with E-state index in [-0.39, 0.29) is 55.8 Å². The highest BCUT2D eigenvalue weighted by Gasteiger charge is 2.40. The number of carbonyl (C=O) groups excluding carboxylic acids is 3. The number of aliphatic hydroxyl groups excluding tert-OH is 1. The highest BCUT2D eigenvalue weighted by molar-refractivity contribution is 7.99. The molecule has 2 saturated heterocycles. The van der Waals surface area contributed by atoms with Crippen LogP contribution in [-0.2, 0) is 43.6 Å². The van der Waals surface area contributed by atoms with Gasteiger partial charge in [-0.2, -0.15) is 0 Å². The molecule has 0 bridgehead atoms. The first-order valence-corrected chi connectivity index (χ1v) is 19.6. The van der Waals surface area contributed by atoms with E-state index in [1.54, 1.807) is 18.2 Å². The molecule has 2 aliphatic heterocycles. The van der Waals surface area contributed by atoms with Crippen molar-refractivity contribution in [1.82, 2.24) is 10.2 Å². The standard InChI is InChI=1S/C45H42N2O9S/c1-28-38(27-57-39-16-6-5-15-36(39)43(51)52)55-44(56-41(28)32-19-17-29(25-48)18-20-32)35-14-8-13-34(22-35)33-12-7-11-31(21-33)24-47-40(49)23-37(42(47)50)46-45(53)54-26-30-9-3-2-4-10-30/h2-22,28,37-38,41,44,48H,23-27H2,1H3,(H,46,53)(H,51,52). The average Bonchev–Trinajstić information content (AvgIpc) is 3.50. The number of nitrogens with zero attached hydrogens (tertiary/aromatic N) is 1. The monoisotopic (exact) mass is 786 g/mol. The van der Waals surface area contributed by atoms with Crippen LogP contribution in [-0.4, -0.2) is 56.9 Å². The number of carboxylic acid groups (broad SMARTS) is 1. The summed E-state index contributed by atoms with van der Waals surface area (Å²) in [6.07, 6.45) is -2.35. The maximum atomic E-state index is 13.3. The maximum Gasteiger partial charge on any atom is 0.408 e. The van der Waals surface area contributed by atoms with Crippen LogP contribution in [0.4, 0.5) is 4.79 Å². The third kappa shape index (κ3) is 9.44. The van der Waals surface area contributed by atoms with Crippen LogP contribution in [0.2, 0.25) is 0 Å². The second kappa shape index (κ2) is 18.0. The van der Waals surface area contributed by atoms with Crippen molar-refractivity contribution in [2.45, 2.75) is 62.5 Å². The normalized spacial score (nSPS) is 20.7. The van der Waals surface area contributed by atoms with E-state index < -0.39 is 30.3 Å². The zero-order chi connectivity index (χ0) is 39.9. The number of likely N-dealkylation sites (tertiary alicyclic amines) is 1. The van der Waals surface area contributed by atoms with E-state index in [1.807, 2.05) is 109 Å². The number of ether oxygens (including phenoxy) is 3. The molecule has 3 N–H and O–H groups in total. The Morgan fingerprint density at radius 3 is 2.26 bits per heavy atom. The number of aliphatic hydroxyl groups is 1. The summed E-state index contributed by atoms with van der Waals surface area (Å²) < 4.78 is 18.6. The second-order valence-electron chi connectivity index (χ2n) is 14.0. The van der Waals surface area contributed by atoms with Gasteiger partial charge < -0.3 is 29.7 Å². The van der Waals surface area contributed by atoms with Gasteiger partial charge >= 0.3 is 12.1 Å². The molecule has 11 nitrogen and oxygen atoms in total. The first-order valence-electron chi connectivity index (χ1n) is 18.6. The van der Waals surface area contributed by atoms with Crippen molar-refractivity contribution in [3.05, 3.63) is 161 Å². The first kappa shape index (κ1) is 39.4. The molecule has 5 unspecified atom stereocenters. The number of hydrogen-bond acceptors (Lipinski definition) is 9. The van der Waals surface area contributed by atoms with Gasteiger partial charge in [0.2, 0.25) is 5.91 Å². The SMILES string of the molecule is CC1C(CSc2ccccc2C(=O)O)OC(c2cccc(-c3cccc(CN4C(=O)CC(NC(=O)OCc5ccccc5)C4=O)c3)c2)OC1c1ccc(CO)cc1. The Labute approximate surface area is 334 Å². The van der Waals surface area contributed by atoms with E-state index in [0.717, 1.165) is 43.8 Å². The average molecular weight is 787 g/mol. The molecule has 0 saturated carbocycles. The molecule has 292 valence electrons. The van der Waals surface area contributed by atoms with Crippen LogP contribution in [0, 0.1) is 5.92 Å². The number of carbonyl (C=O) groups is 4. The Kier molecular flexibility index (Phi) is 12.4. The molecule has 0 spiro atoms. The van der Waals surface area contributed by atoms with Crippen molar-refractivity contribution in [2.24, 2.45) is 5.92 Å². The molecule has 0 aliphatic carbocycles. The van der Waals surface area contributed by atoms with Gasteiger partial charge in [-0.05, 0) is 57.6 Å². The van der Waals surface area contributed by atoms with Crippen molar-refractivity contribution in [2.75, 3.05) is 5.75 Å². The van der Waals surface area contributed by atoms with Crippen LogP contribution in [0.1, 0.15) is 63.9 Å². The number of thioether (sulfide) groups is 1. The minimum atomic E-state index is -1.01. The minimum absolute atomic E-state index is 0.0380. The summed E-state index contributed by atoms with van der Waals surface area (Å²) in [4.78, 5) is 52.4. The molecule has 0 radical (unpaired) electrons. The number of imide groups is 1. The lowest BCUT2D eigenvalue weighted by atomic mass is 9.91. The van der Waals surface area contributed by atoms with Crippen LogP contribution in [0.15, 0.2) is 132 Å². The lowest BCUT2D eigenvalue weighted by Crippen LogP contribution is -2.41. The van der Waals surface area contributed by atoms with E-state index >= 15 is 0 Å². The van der Waals surface area contributed by atoms with Gasteiger partial charge in [-0.1, -0.05) is 110 Å². The van der Waals surface area contributed by atoms with E-state index in [0.29, 0.717) is 10.6 Å². The summed E-state index contributed by atoms with van der Waals surface area (Å²) in [6.45, 7) is 2.07. The number of alkyl carbamates (subject to hydrolysis) is 1. The number of benzene rings is 5. The molecule has 3 amide bonds.